The summed E-state index contributed by atoms with van der Waals surface area (Å²) in [6, 6.07) is 13.5. The van der Waals surface area contributed by atoms with Crippen molar-refractivity contribution in [3.8, 4) is 22.8 Å². The minimum atomic E-state index is -0.707. The highest BCUT2D eigenvalue weighted by molar-refractivity contribution is 5.98. The molecule has 2 aromatic carbocycles. The summed E-state index contributed by atoms with van der Waals surface area (Å²) in [7, 11) is 1.40. The van der Waals surface area contributed by atoms with E-state index in [1.165, 1.54) is 19.2 Å². The van der Waals surface area contributed by atoms with Crippen LogP contribution in [-0.2, 0) is 6.54 Å². The number of rotatable bonds is 9. The first-order valence-electron chi connectivity index (χ1n) is 11.0. The van der Waals surface area contributed by atoms with Gasteiger partial charge in [0.05, 0.1) is 31.1 Å². The molecule has 1 aromatic heterocycles. The molecule has 1 aliphatic rings. The number of hydrogen-bond donors (Lipinski definition) is 2. The largest absolute Gasteiger partial charge is 0.494 e. The first-order valence-corrected chi connectivity index (χ1v) is 11.0. The molecule has 2 N–H and O–H groups in total. The Bertz CT molecular complexity index is 1140. The average Bonchev–Trinajstić information content (AvgIpc) is 3.66. The summed E-state index contributed by atoms with van der Waals surface area (Å²) in [4.78, 5) is 17.5. The lowest BCUT2D eigenvalue weighted by atomic mass is 10.00. The van der Waals surface area contributed by atoms with Crippen LogP contribution in [-0.4, -0.2) is 29.7 Å². The van der Waals surface area contributed by atoms with Crippen LogP contribution in [0.4, 0.5) is 4.39 Å². The van der Waals surface area contributed by atoms with Gasteiger partial charge in [-0.1, -0.05) is 12.1 Å². The highest BCUT2D eigenvalue weighted by Gasteiger charge is 2.24. The van der Waals surface area contributed by atoms with Gasteiger partial charge < -0.3 is 19.9 Å². The van der Waals surface area contributed by atoms with Gasteiger partial charge in [-0.15, -0.1) is 0 Å². The molecule has 0 saturated heterocycles. The SMILES string of the molecule is COc1ccc(CNC(=O)c2cc(-c3ncccc3C(C)O)ccc2OCC2CC2)cc1F. The maximum Gasteiger partial charge on any atom is 0.255 e. The molecular weight excluding hydrogens is 423 g/mol. The number of pyridine rings is 1. The molecule has 1 aliphatic carbocycles. The number of aliphatic hydroxyl groups is 1. The summed E-state index contributed by atoms with van der Waals surface area (Å²) in [5.74, 6) is 0.339. The number of hydrogen-bond acceptors (Lipinski definition) is 5. The number of aromatic nitrogens is 1. The van der Waals surface area contributed by atoms with Crippen molar-refractivity contribution in [3.63, 3.8) is 0 Å². The van der Waals surface area contributed by atoms with Crippen LogP contribution in [0.5, 0.6) is 11.5 Å². The summed E-state index contributed by atoms with van der Waals surface area (Å²) in [5.41, 5.74) is 2.95. The Labute approximate surface area is 192 Å². The van der Waals surface area contributed by atoms with E-state index in [1.54, 1.807) is 37.4 Å². The number of benzene rings is 2. The van der Waals surface area contributed by atoms with Gasteiger partial charge in [-0.25, -0.2) is 4.39 Å². The third-order valence-corrected chi connectivity index (χ3v) is 5.63. The van der Waals surface area contributed by atoms with Crippen LogP contribution in [0.2, 0.25) is 0 Å². The van der Waals surface area contributed by atoms with E-state index in [9.17, 15) is 14.3 Å². The molecule has 1 amide bonds. The van der Waals surface area contributed by atoms with Crippen LogP contribution in [0.25, 0.3) is 11.3 Å². The van der Waals surface area contributed by atoms with Crippen molar-refractivity contribution in [1.82, 2.24) is 10.3 Å². The van der Waals surface area contributed by atoms with Gasteiger partial charge in [0, 0.05) is 23.9 Å². The van der Waals surface area contributed by atoms with Crippen molar-refractivity contribution in [2.45, 2.75) is 32.4 Å². The Morgan fingerprint density at radius 2 is 2.00 bits per heavy atom. The number of nitrogens with zero attached hydrogens (tertiary/aromatic N) is 1. The van der Waals surface area contributed by atoms with Crippen molar-refractivity contribution in [2.75, 3.05) is 13.7 Å². The highest BCUT2D eigenvalue weighted by atomic mass is 19.1. The van der Waals surface area contributed by atoms with Crippen LogP contribution < -0.4 is 14.8 Å². The zero-order chi connectivity index (χ0) is 23.4. The molecule has 3 aromatic rings. The fourth-order valence-corrected chi connectivity index (χ4v) is 3.57. The second kappa shape index (κ2) is 10.0. The number of carbonyl (C=O) groups excluding carboxylic acids is 1. The van der Waals surface area contributed by atoms with Crippen molar-refractivity contribution in [2.24, 2.45) is 5.92 Å². The number of aliphatic hydroxyl groups excluding tert-OH is 1. The third-order valence-electron chi connectivity index (χ3n) is 5.63. The van der Waals surface area contributed by atoms with Crippen molar-refractivity contribution in [3.05, 3.63) is 77.2 Å². The number of amides is 1. The lowest BCUT2D eigenvalue weighted by Gasteiger charge is -2.15. The number of ether oxygens (including phenoxy) is 2. The van der Waals surface area contributed by atoms with Crippen LogP contribution in [0.3, 0.4) is 0 Å². The van der Waals surface area contributed by atoms with Gasteiger partial charge in [-0.2, -0.15) is 0 Å². The van der Waals surface area contributed by atoms with Gasteiger partial charge in [0.25, 0.3) is 5.91 Å². The van der Waals surface area contributed by atoms with Crippen LogP contribution >= 0.6 is 0 Å². The highest BCUT2D eigenvalue weighted by Crippen LogP contribution is 2.33. The average molecular weight is 451 g/mol. The Morgan fingerprint density at radius 1 is 1.21 bits per heavy atom. The first kappa shape index (κ1) is 22.7. The minimum Gasteiger partial charge on any atom is -0.494 e. The Morgan fingerprint density at radius 3 is 2.70 bits per heavy atom. The molecule has 1 saturated carbocycles. The molecule has 7 heteroatoms. The minimum absolute atomic E-state index is 0.147. The smallest absolute Gasteiger partial charge is 0.255 e. The number of carbonyl (C=O) groups is 1. The molecular formula is C26H27FN2O4. The fourth-order valence-electron chi connectivity index (χ4n) is 3.57. The molecule has 1 atom stereocenters. The monoisotopic (exact) mass is 450 g/mol. The molecule has 6 nitrogen and oxygen atoms in total. The molecule has 0 spiro atoms. The molecule has 33 heavy (non-hydrogen) atoms. The summed E-state index contributed by atoms with van der Waals surface area (Å²) in [5, 5.41) is 13.0. The van der Waals surface area contributed by atoms with Gasteiger partial charge in [-0.3, -0.25) is 9.78 Å². The molecule has 0 aliphatic heterocycles. The van der Waals surface area contributed by atoms with Crippen LogP contribution in [0.1, 0.15) is 47.4 Å². The van der Waals surface area contributed by atoms with Crippen molar-refractivity contribution >= 4 is 5.91 Å². The predicted molar refractivity (Wildman–Crippen MR) is 123 cm³/mol. The maximum absolute atomic E-state index is 14.0. The lowest BCUT2D eigenvalue weighted by Crippen LogP contribution is -2.24. The second-order valence-corrected chi connectivity index (χ2v) is 8.23. The number of nitrogens with one attached hydrogen (secondary N) is 1. The second-order valence-electron chi connectivity index (χ2n) is 8.23. The van der Waals surface area contributed by atoms with Crippen molar-refractivity contribution in [1.29, 1.82) is 0 Å². The van der Waals surface area contributed by atoms with Crippen molar-refractivity contribution < 1.29 is 23.8 Å². The van der Waals surface area contributed by atoms with E-state index in [4.69, 9.17) is 9.47 Å². The summed E-state index contributed by atoms with van der Waals surface area (Å²) in [6.45, 7) is 2.38. The number of halogens is 1. The number of methoxy groups -OCH3 is 1. The molecule has 1 fully saturated rings. The Hall–Kier alpha value is -3.45. The van der Waals surface area contributed by atoms with Gasteiger partial charge in [-0.05, 0) is 67.6 Å². The van der Waals surface area contributed by atoms with E-state index in [1.807, 2.05) is 12.1 Å². The van der Waals surface area contributed by atoms with Crippen LogP contribution in [0, 0.1) is 11.7 Å². The molecule has 172 valence electrons. The summed E-state index contributed by atoms with van der Waals surface area (Å²) >= 11 is 0. The van der Waals surface area contributed by atoms with E-state index < -0.39 is 11.9 Å². The molecule has 0 radical (unpaired) electrons. The standard InChI is InChI=1S/C26H27FN2O4/c1-16(30)20-4-3-11-28-25(20)19-8-10-23(33-15-17-5-6-17)21(13-19)26(31)29-14-18-7-9-24(32-2)22(27)12-18/h3-4,7-13,16-17,30H,5-6,14-15H2,1-2H3,(H,29,31). The van der Waals surface area contributed by atoms with E-state index in [0.717, 1.165) is 12.8 Å². The summed E-state index contributed by atoms with van der Waals surface area (Å²) < 4.78 is 24.9. The van der Waals surface area contributed by atoms with Crippen LogP contribution in [0.15, 0.2) is 54.7 Å². The van der Waals surface area contributed by atoms with E-state index >= 15 is 0 Å². The van der Waals surface area contributed by atoms with E-state index in [0.29, 0.717) is 46.2 Å². The van der Waals surface area contributed by atoms with Gasteiger partial charge in [0.15, 0.2) is 11.6 Å². The zero-order valence-corrected chi connectivity index (χ0v) is 18.7. The normalized spacial score (nSPS) is 13.9. The molecule has 0 bridgehead atoms. The quantitative estimate of drug-likeness (QED) is 0.495. The first-order chi connectivity index (χ1) is 16.0. The van der Waals surface area contributed by atoms with E-state index in [2.05, 4.69) is 10.3 Å². The summed E-state index contributed by atoms with van der Waals surface area (Å²) in [6.07, 6.45) is 3.21. The lowest BCUT2D eigenvalue weighted by molar-refractivity contribution is 0.0946. The topological polar surface area (TPSA) is 80.7 Å². The predicted octanol–water partition coefficient (Wildman–Crippen LogP) is 4.67. The van der Waals surface area contributed by atoms with Gasteiger partial charge in [0.1, 0.15) is 5.75 Å². The molecule has 1 heterocycles. The van der Waals surface area contributed by atoms with E-state index in [-0.39, 0.29) is 18.2 Å². The molecule has 4 rings (SSSR count). The third kappa shape index (κ3) is 5.49. The maximum atomic E-state index is 14.0. The Kier molecular flexibility index (Phi) is 6.89. The zero-order valence-electron chi connectivity index (χ0n) is 18.7. The van der Waals surface area contributed by atoms with Gasteiger partial charge >= 0.3 is 0 Å². The van der Waals surface area contributed by atoms with Gasteiger partial charge in [0.2, 0.25) is 0 Å². The Balaban J connectivity index is 1.60. The molecule has 1 unspecified atom stereocenters. The fraction of sp³-hybridized carbons (Fsp3) is 0.308.